The lowest BCUT2D eigenvalue weighted by Gasteiger charge is -2.20. The number of anilines is 2. The summed E-state index contributed by atoms with van der Waals surface area (Å²) in [5.41, 5.74) is 10.0. The molecule has 0 radical (unpaired) electrons. The van der Waals surface area contributed by atoms with Gasteiger partial charge in [0.1, 0.15) is 17.1 Å². The Labute approximate surface area is 173 Å². The molecule has 4 aromatic rings. The number of halogens is 1. The van der Waals surface area contributed by atoms with Gasteiger partial charge in [0.2, 0.25) is 0 Å². The van der Waals surface area contributed by atoms with E-state index in [0.29, 0.717) is 22.2 Å². The third-order valence-electron chi connectivity index (χ3n) is 5.20. The highest BCUT2D eigenvalue weighted by molar-refractivity contribution is 6.35. The highest BCUT2D eigenvalue weighted by atomic mass is 35.5. The molecule has 1 saturated heterocycles. The Morgan fingerprint density at radius 2 is 1.90 bits per heavy atom. The number of aromatic nitrogens is 5. The molecule has 29 heavy (non-hydrogen) atoms. The highest BCUT2D eigenvalue weighted by Gasteiger charge is 2.23. The summed E-state index contributed by atoms with van der Waals surface area (Å²) in [6.07, 6.45) is 5.88. The predicted molar refractivity (Wildman–Crippen MR) is 116 cm³/mol. The number of rotatable bonds is 3. The summed E-state index contributed by atoms with van der Waals surface area (Å²) in [6.45, 7) is 1.87. The number of nitrogen functional groups attached to an aromatic ring is 1. The molecule has 5 rings (SSSR count). The fourth-order valence-electron chi connectivity index (χ4n) is 3.81. The summed E-state index contributed by atoms with van der Waals surface area (Å²) in [4.78, 5) is 16.3. The topological polar surface area (TPSA) is 85.8 Å². The van der Waals surface area contributed by atoms with E-state index in [-0.39, 0.29) is 0 Å². The van der Waals surface area contributed by atoms with Crippen molar-refractivity contribution in [3.05, 3.63) is 47.7 Å². The van der Waals surface area contributed by atoms with Gasteiger partial charge < -0.3 is 10.6 Å². The van der Waals surface area contributed by atoms with E-state index in [1.165, 1.54) is 0 Å². The van der Waals surface area contributed by atoms with Gasteiger partial charge in [0.15, 0.2) is 11.6 Å². The van der Waals surface area contributed by atoms with Gasteiger partial charge in [-0.1, -0.05) is 17.7 Å². The average molecular weight is 406 g/mol. The second-order valence-electron chi connectivity index (χ2n) is 7.23. The molecule has 2 N–H and O–H groups in total. The molecule has 1 aromatic carbocycles. The molecule has 0 aliphatic carbocycles. The van der Waals surface area contributed by atoms with E-state index in [1.807, 2.05) is 43.6 Å². The summed E-state index contributed by atoms with van der Waals surface area (Å²) >= 11 is 6.55. The van der Waals surface area contributed by atoms with Gasteiger partial charge in [-0.05, 0) is 37.1 Å². The minimum absolute atomic E-state index is 0.421. The number of hydrogen-bond donors (Lipinski definition) is 1. The molecule has 7 nitrogen and oxygen atoms in total. The highest BCUT2D eigenvalue weighted by Crippen LogP contribution is 2.36. The Kier molecular flexibility index (Phi) is 4.32. The molecule has 1 aliphatic rings. The maximum atomic E-state index is 6.55. The zero-order valence-electron chi connectivity index (χ0n) is 16.0. The van der Waals surface area contributed by atoms with Crippen molar-refractivity contribution in [2.45, 2.75) is 12.8 Å². The molecule has 1 fully saturated rings. The van der Waals surface area contributed by atoms with Crippen molar-refractivity contribution in [2.75, 3.05) is 23.7 Å². The Morgan fingerprint density at radius 3 is 2.66 bits per heavy atom. The van der Waals surface area contributed by atoms with Crippen LogP contribution in [0.25, 0.3) is 33.5 Å². The molecule has 3 aromatic heterocycles. The van der Waals surface area contributed by atoms with Crippen LogP contribution in [0.2, 0.25) is 5.02 Å². The first-order valence-electron chi connectivity index (χ1n) is 9.57. The molecule has 8 heteroatoms. The van der Waals surface area contributed by atoms with Crippen LogP contribution >= 0.6 is 11.6 Å². The minimum atomic E-state index is 0.421. The Bertz CT molecular complexity index is 1210. The number of nitrogens with zero attached hydrogens (tertiary/aromatic N) is 6. The lowest BCUT2D eigenvalue weighted by atomic mass is 10.0. The average Bonchev–Trinajstić information content (AvgIpc) is 3.39. The van der Waals surface area contributed by atoms with Crippen LogP contribution in [0.5, 0.6) is 0 Å². The summed E-state index contributed by atoms with van der Waals surface area (Å²) < 4.78 is 1.74. The van der Waals surface area contributed by atoms with Crippen LogP contribution in [-0.4, -0.2) is 37.8 Å². The molecule has 0 saturated carbocycles. The van der Waals surface area contributed by atoms with Crippen LogP contribution in [0.4, 0.5) is 11.6 Å². The Morgan fingerprint density at radius 1 is 1.07 bits per heavy atom. The molecular formula is C21H20ClN7. The molecule has 0 amide bonds. The van der Waals surface area contributed by atoms with Gasteiger partial charge in [-0.25, -0.2) is 9.97 Å². The van der Waals surface area contributed by atoms with Crippen LogP contribution in [0.3, 0.4) is 0 Å². The van der Waals surface area contributed by atoms with Crippen molar-refractivity contribution < 1.29 is 0 Å². The first-order valence-corrected chi connectivity index (χ1v) is 9.95. The summed E-state index contributed by atoms with van der Waals surface area (Å²) in [5.74, 6) is 1.14. The smallest absolute Gasteiger partial charge is 0.172 e. The lowest BCUT2D eigenvalue weighted by molar-refractivity contribution is 0.770. The number of fused-ring (bicyclic) bond motifs is 1. The van der Waals surface area contributed by atoms with E-state index in [4.69, 9.17) is 27.3 Å². The fraction of sp³-hybridized carbons (Fsp3) is 0.238. The zero-order valence-corrected chi connectivity index (χ0v) is 16.8. The monoisotopic (exact) mass is 405 g/mol. The minimum Gasteiger partial charge on any atom is -0.381 e. The second kappa shape index (κ2) is 7.00. The van der Waals surface area contributed by atoms with Gasteiger partial charge in [-0.15, -0.1) is 0 Å². The van der Waals surface area contributed by atoms with Crippen molar-refractivity contribution >= 4 is 34.1 Å². The summed E-state index contributed by atoms with van der Waals surface area (Å²) in [7, 11) is 1.87. The summed E-state index contributed by atoms with van der Waals surface area (Å²) in [5, 5.41) is 6.04. The third kappa shape index (κ3) is 3.17. The number of pyridine rings is 1. The maximum Gasteiger partial charge on any atom is 0.172 e. The van der Waals surface area contributed by atoms with Gasteiger partial charge in [-0.3, -0.25) is 9.67 Å². The molecule has 1 aliphatic heterocycles. The van der Waals surface area contributed by atoms with Crippen molar-refractivity contribution in [3.8, 4) is 22.6 Å². The normalized spacial score (nSPS) is 14.1. The van der Waals surface area contributed by atoms with Crippen molar-refractivity contribution in [3.63, 3.8) is 0 Å². The van der Waals surface area contributed by atoms with Crippen molar-refractivity contribution in [2.24, 2.45) is 7.05 Å². The van der Waals surface area contributed by atoms with Crippen LogP contribution in [-0.2, 0) is 7.05 Å². The number of benzene rings is 1. The van der Waals surface area contributed by atoms with E-state index >= 15 is 0 Å². The van der Waals surface area contributed by atoms with E-state index in [0.717, 1.165) is 53.9 Å². The van der Waals surface area contributed by atoms with Gasteiger partial charge in [-0.2, -0.15) is 5.10 Å². The van der Waals surface area contributed by atoms with Crippen molar-refractivity contribution in [1.82, 2.24) is 24.7 Å². The van der Waals surface area contributed by atoms with E-state index < -0.39 is 0 Å². The predicted octanol–water partition coefficient (Wildman–Crippen LogP) is 3.93. The van der Waals surface area contributed by atoms with Gasteiger partial charge in [0.25, 0.3) is 0 Å². The Balaban J connectivity index is 1.76. The van der Waals surface area contributed by atoms with Gasteiger partial charge in [0.05, 0.1) is 10.5 Å². The molecule has 4 heterocycles. The van der Waals surface area contributed by atoms with Crippen LogP contribution in [0.1, 0.15) is 12.8 Å². The van der Waals surface area contributed by atoms with E-state index in [9.17, 15) is 0 Å². The first-order chi connectivity index (χ1) is 14.1. The quantitative estimate of drug-likeness (QED) is 0.555. The number of nitrogens with two attached hydrogens (primary N) is 1. The molecule has 0 bridgehead atoms. The van der Waals surface area contributed by atoms with Crippen LogP contribution in [0, 0.1) is 0 Å². The largest absolute Gasteiger partial charge is 0.381 e. The van der Waals surface area contributed by atoms with Crippen molar-refractivity contribution in [1.29, 1.82) is 0 Å². The van der Waals surface area contributed by atoms with Gasteiger partial charge in [0, 0.05) is 43.5 Å². The zero-order chi connectivity index (χ0) is 20.0. The number of aryl methyl sites for hydroxylation is 1. The summed E-state index contributed by atoms with van der Waals surface area (Å²) in [6, 6.07) is 9.72. The Hall–Kier alpha value is -3.19. The second-order valence-corrected chi connectivity index (χ2v) is 7.64. The molecule has 146 valence electrons. The molecule has 0 atom stereocenters. The van der Waals surface area contributed by atoms with Crippen LogP contribution < -0.4 is 10.6 Å². The standard InChI is InChI=1S/C21H20ClN7/c1-28-10-6-16(27-28)19-18(26-21(20(23)25-19)29-8-2-3-9-29)14-11-13-5-4-7-24-17(13)15(22)12-14/h4-7,10-12H,2-3,8-9H2,1H3,(H2,23,25). The SMILES string of the molecule is Cn1ccc(-c2nc(N)c(N3CCCC3)nc2-c2cc(Cl)c3ncccc3c2)n1. The first kappa shape index (κ1) is 17.9. The van der Waals surface area contributed by atoms with E-state index in [1.54, 1.807) is 10.9 Å². The van der Waals surface area contributed by atoms with E-state index in [2.05, 4.69) is 15.0 Å². The van der Waals surface area contributed by atoms with Crippen LogP contribution in [0.15, 0.2) is 42.7 Å². The molecular weight excluding hydrogens is 386 g/mol. The third-order valence-corrected chi connectivity index (χ3v) is 5.49. The molecule has 0 spiro atoms. The van der Waals surface area contributed by atoms with Gasteiger partial charge >= 0.3 is 0 Å². The fourth-order valence-corrected chi connectivity index (χ4v) is 4.08. The number of hydrogen-bond acceptors (Lipinski definition) is 6. The maximum absolute atomic E-state index is 6.55. The lowest BCUT2D eigenvalue weighted by Crippen LogP contribution is -2.21. The molecule has 0 unspecified atom stereocenters.